The first-order valence-corrected chi connectivity index (χ1v) is 8.36. The van der Waals surface area contributed by atoms with Gasteiger partial charge in [0.1, 0.15) is 24.2 Å². The van der Waals surface area contributed by atoms with Crippen molar-refractivity contribution in [2.24, 2.45) is 5.92 Å². The zero-order valence-corrected chi connectivity index (χ0v) is 15.7. The highest BCUT2D eigenvalue weighted by Gasteiger charge is 2.27. The fourth-order valence-electron chi connectivity index (χ4n) is 2.41. The first-order valence-electron chi connectivity index (χ1n) is 8.36. The number of amides is 1. The minimum Gasteiger partial charge on any atom is -0.497 e. The first-order chi connectivity index (χ1) is 12.3. The van der Waals surface area contributed by atoms with E-state index in [1.54, 1.807) is 45.2 Å². The number of hydrogen-bond donors (Lipinski definition) is 1. The average molecular weight is 360 g/mol. The maximum absolute atomic E-state index is 12.5. The molecule has 7 heteroatoms. The van der Waals surface area contributed by atoms with Crippen molar-refractivity contribution in [3.63, 3.8) is 0 Å². The zero-order chi connectivity index (χ0) is 19.3. The second-order valence-corrected chi connectivity index (χ2v) is 6.33. The molecule has 1 aromatic heterocycles. The van der Waals surface area contributed by atoms with Gasteiger partial charge in [-0.25, -0.2) is 4.79 Å². The Morgan fingerprint density at radius 2 is 1.85 bits per heavy atom. The number of ether oxygens (including phenoxy) is 2. The maximum Gasteiger partial charge on any atom is 0.329 e. The summed E-state index contributed by atoms with van der Waals surface area (Å²) in [6.07, 6.45) is 0. The van der Waals surface area contributed by atoms with E-state index >= 15 is 0 Å². The van der Waals surface area contributed by atoms with E-state index in [1.165, 1.54) is 0 Å². The normalized spacial score (nSPS) is 11.9. The Kier molecular flexibility index (Phi) is 6.38. The molecule has 0 unspecified atom stereocenters. The summed E-state index contributed by atoms with van der Waals surface area (Å²) in [4.78, 5) is 24.9. The van der Waals surface area contributed by atoms with Gasteiger partial charge in [-0.1, -0.05) is 19.0 Å². The van der Waals surface area contributed by atoms with Crippen LogP contribution in [-0.2, 0) is 16.1 Å². The van der Waals surface area contributed by atoms with E-state index in [4.69, 9.17) is 14.0 Å². The fourth-order valence-corrected chi connectivity index (χ4v) is 2.41. The van der Waals surface area contributed by atoms with Gasteiger partial charge in [0.2, 0.25) is 0 Å². The lowest BCUT2D eigenvalue weighted by molar-refractivity contribution is -0.148. The van der Waals surface area contributed by atoms with Gasteiger partial charge in [0.05, 0.1) is 18.4 Å². The average Bonchev–Trinajstić information content (AvgIpc) is 2.95. The van der Waals surface area contributed by atoms with Crippen LogP contribution in [0.25, 0.3) is 0 Å². The van der Waals surface area contributed by atoms with Crippen LogP contribution >= 0.6 is 0 Å². The molecule has 1 amide bonds. The number of carbonyl (C=O) groups excluding carboxylic acids is 2. The molecule has 1 aromatic carbocycles. The van der Waals surface area contributed by atoms with Crippen molar-refractivity contribution in [1.82, 2.24) is 10.5 Å². The first kappa shape index (κ1) is 19.5. The van der Waals surface area contributed by atoms with Gasteiger partial charge in [0.25, 0.3) is 5.91 Å². The second-order valence-electron chi connectivity index (χ2n) is 6.33. The van der Waals surface area contributed by atoms with Gasteiger partial charge in [0.15, 0.2) is 0 Å². The molecule has 7 nitrogen and oxygen atoms in total. The third-order valence-corrected chi connectivity index (χ3v) is 4.10. The van der Waals surface area contributed by atoms with Crippen molar-refractivity contribution < 1.29 is 23.6 Å². The Morgan fingerprint density at radius 3 is 2.35 bits per heavy atom. The van der Waals surface area contributed by atoms with Crippen LogP contribution in [0.2, 0.25) is 0 Å². The van der Waals surface area contributed by atoms with Crippen LogP contribution in [0.1, 0.15) is 41.2 Å². The zero-order valence-electron chi connectivity index (χ0n) is 15.7. The van der Waals surface area contributed by atoms with Crippen LogP contribution in [0.3, 0.4) is 0 Å². The Labute approximate surface area is 152 Å². The molecule has 0 aliphatic carbocycles. The van der Waals surface area contributed by atoms with Crippen LogP contribution < -0.4 is 10.1 Å². The number of nitrogens with one attached hydrogen (secondary N) is 1. The predicted molar refractivity (Wildman–Crippen MR) is 94.9 cm³/mol. The number of aromatic nitrogens is 1. The molecule has 0 bridgehead atoms. The van der Waals surface area contributed by atoms with E-state index in [9.17, 15) is 9.59 Å². The highest BCUT2D eigenvalue weighted by atomic mass is 16.5. The van der Waals surface area contributed by atoms with Crippen molar-refractivity contribution >= 4 is 11.9 Å². The number of esters is 1. The summed E-state index contributed by atoms with van der Waals surface area (Å²) in [5.41, 5.74) is 1.86. The van der Waals surface area contributed by atoms with Crippen LogP contribution in [0.15, 0.2) is 28.8 Å². The van der Waals surface area contributed by atoms with Crippen molar-refractivity contribution in [2.75, 3.05) is 7.11 Å². The second kappa shape index (κ2) is 8.51. The smallest absolute Gasteiger partial charge is 0.329 e. The van der Waals surface area contributed by atoms with Gasteiger partial charge in [-0.2, -0.15) is 0 Å². The number of rotatable bonds is 7. The molecule has 2 aromatic rings. The Balaban J connectivity index is 2.02. The van der Waals surface area contributed by atoms with Crippen molar-refractivity contribution in [1.29, 1.82) is 0 Å². The number of carbonyl (C=O) groups is 2. The number of nitrogens with zero attached hydrogens (tertiary/aromatic N) is 1. The van der Waals surface area contributed by atoms with Crippen molar-refractivity contribution in [2.45, 2.75) is 40.3 Å². The quantitative estimate of drug-likeness (QED) is 0.764. The van der Waals surface area contributed by atoms with E-state index < -0.39 is 12.0 Å². The monoisotopic (exact) mass is 360 g/mol. The predicted octanol–water partition coefficient (Wildman–Crippen LogP) is 2.80. The Bertz CT molecular complexity index is 745. The molecule has 0 radical (unpaired) electrons. The summed E-state index contributed by atoms with van der Waals surface area (Å²) < 4.78 is 15.5. The SMILES string of the molecule is COc1ccc(C(=O)N[C@H](C(=O)OCc2c(C)noc2C)C(C)C)cc1. The molecule has 140 valence electrons. The molecular formula is C19H24N2O5. The molecule has 0 saturated carbocycles. The fraction of sp³-hybridized carbons (Fsp3) is 0.421. The molecular weight excluding hydrogens is 336 g/mol. The van der Waals surface area contributed by atoms with E-state index in [0.29, 0.717) is 22.8 Å². The number of hydrogen-bond acceptors (Lipinski definition) is 6. The third-order valence-electron chi connectivity index (χ3n) is 4.10. The summed E-state index contributed by atoms with van der Waals surface area (Å²) in [6, 6.07) is 5.90. The van der Waals surface area contributed by atoms with Gasteiger partial charge < -0.3 is 19.3 Å². The summed E-state index contributed by atoms with van der Waals surface area (Å²) >= 11 is 0. The molecule has 0 aliphatic heterocycles. The molecule has 2 rings (SSSR count). The Morgan fingerprint density at radius 1 is 1.19 bits per heavy atom. The molecule has 0 spiro atoms. The van der Waals surface area contributed by atoms with Crippen LogP contribution in [-0.4, -0.2) is 30.2 Å². The largest absolute Gasteiger partial charge is 0.497 e. The summed E-state index contributed by atoms with van der Waals surface area (Å²) in [7, 11) is 1.55. The molecule has 1 heterocycles. The molecule has 0 saturated heterocycles. The lowest BCUT2D eigenvalue weighted by Crippen LogP contribution is -2.45. The van der Waals surface area contributed by atoms with Gasteiger partial charge in [-0.3, -0.25) is 4.79 Å². The summed E-state index contributed by atoms with van der Waals surface area (Å²) in [5, 5.41) is 6.57. The minimum atomic E-state index is -0.759. The van der Waals surface area contributed by atoms with Crippen molar-refractivity contribution in [3.05, 3.63) is 46.8 Å². The summed E-state index contributed by atoms with van der Waals surface area (Å²) in [5.74, 6) is 0.288. The van der Waals surface area contributed by atoms with Crippen molar-refractivity contribution in [3.8, 4) is 5.75 Å². The molecule has 1 atom stereocenters. The van der Waals surface area contributed by atoms with Gasteiger partial charge >= 0.3 is 5.97 Å². The molecule has 26 heavy (non-hydrogen) atoms. The standard InChI is InChI=1S/C19H24N2O5/c1-11(2)17(19(23)25-10-16-12(3)21-26-13(16)4)20-18(22)14-6-8-15(24-5)9-7-14/h6-9,11,17H,10H2,1-5H3,(H,20,22)/t17-/m0/s1. The highest BCUT2D eigenvalue weighted by Crippen LogP contribution is 2.15. The third kappa shape index (κ3) is 4.62. The topological polar surface area (TPSA) is 90.7 Å². The lowest BCUT2D eigenvalue weighted by Gasteiger charge is -2.21. The van der Waals surface area contributed by atoms with E-state index in [1.807, 2.05) is 13.8 Å². The van der Waals surface area contributed by atoms with Crippen LogP contribution in [0, 0.1) is 19.8 Å². The van der Waals surface area contributed by atoms with Crippen LogP contribution in [0.5, 0.6) is 5.75 Å². The van der Waals surface area contributed by atoms with Gasteiger partial charge in [-0.15, -0.1) is 0 Å². The highest BCUT2D eigenvalue weighted by molar-refractivity contribution is 5.96. The maximum atomic E-state index is 12.5. The summed E-state index contributed by atoms with van der Waals surface area (Å²) in [6.45, 7) is 7.29. The number of benzene rings is 1. The van der Waals surface area contributed by atoms with E-state index in [0.717, 1.165) is 5.56 Å². The van der Waals surface area contributed by atoms with E-state index in [2.05, 4.69) is 10.5 Å². The number of methoxy groups -OCH3 is 1. The Hall–Kier alpha value is -2.83. The lowest BCUT2D eigenvalue weighted by atomic mass is 10.0. The van der Waals surface area contributed by atoms with Crippen LogP contribution in [0.4, 0.5) is 0 Å². The number of aryl methyl sites for hydroxylation is 2. The molecule has 1 N–H and O–H groups in total. The minimum absolute atomic E-state index is 0.0572. The molecule has 0 fully saturated rings. The van der Waals surface area contributed by atoms with E-state index in [-0.39, 0.29) is 18.4 Å². The molecule has 0 aliphatic rings. The van der Waals surface area contributed by atoms with Gasteiger partial charge in [0, 0.05) is 5.56 Å². The van der Waals surface area contributed by atoms with Gasteiger partial charge in [-0.05, 0) is 44.0 Å².